The van der Waals surface area contributed by atoms with Gasteiger partial charge < -0.3 is 20.1 Å². The lowest BCUT2D eigenvalue weighted by atomic mass is 10.1. The van der Waals surface area contributed by atoms with Crippen LogP contribution in [-0.4, -0.2) is 52.3 Å². The van der Waals surface area contributed by atoms with E-state index in [1.807, 2.05) is 11.4 Å². The van der Waals surface area contributed by atoms with E-state index in [4.69, 9.17) is 15.2 Å². The minimum atomic E-state index is -0.383. The first-order valence-corrected chi connectivity index (χ1v) is 11.0. The molecule has 8 nitrogen and oxygen atoms in total. The number of benzene rings is 1. The third-order valence-electron chi connectivity index (χ3n) is 5.03. The Balaban J connectivity index is 1.27. The number of thiazole rings is 1. The van der Waals surface area contributed by atoms with E-state index in [9.17, 15) is 9.18 Å². The number of hydrogen-bond donors (Lipinski definition) is 2. The lowest BCUT2D eigenvalue weighted by molar-refractivity contribution is -0.139. The summed E-state index contributed by atoms with van der Waals surface area (Å²) in [6.45, 7) is 1.79. The molecular formula is C21H24FN5O3S. The number of nitrogens with zero attached hydrogens (tertiary/aromatic N) is 3. The molecule has 0 radical (unpaired) electrons. The highest BCUT2D eigenvalue weighted by Gasteiger charge is 2.27. The van der Waals surface area contributed by atoms with Crippen LogP contribution in [0, 0.1) is 5.82 Å². The monoisotopic (exact) mass is 445 g/mol. The molecule has 0 saturated carbocycles. The second-order valence-electron chi connectivity index (χ2n) is 7.22. The van der Waals surface area contributed by atoms with E-state index >= 15 is 0 Å². The van der Waals surface area contributed by atoms with Crippen LogP contribution in [0.2, 0.25) is 0 Å². The van der Waals surface area contributed by atoms with Gasteiger partial charge in [0.15, 0.2) is 16.7 Å². The molecule has 1 amide bonds. The predicted molar refractivity (Wildman–Crippen MR) is 114 cm³/mol. The molecule has 1 saturated heterocycles. The van der Waals surface area contributed by atoms with Crippen molar-refractivity contribution in [3.8, 4) is 5.75 Å². The van der Waals surface area contributed by atoms with Crippen LogP contribution < -0.4 is 10.5 Å². The number of aromatic amines is 1. The molecule has 0 spiro atoms. The number of carbonyl (C=O) groups excluding carboxylic acids is 1. The number of nitrogens with two attached hydrogens (primary N) is 1. The number of anilines is 1. The highest BCUT2D eigenvalue weighted by molar-refractivity contribution is 7.13. The summed E-state index contributed by atoms with van der Waals surface area (Å²) in [7, 11) is 0. The molecule has 1 fully saturated rings. The van der Waals surface area contributed by atoms with Crippen LogP contribution in [0.25, 0.3) is 0 Å². The number of aryl methyl sites for hydroxylation is 1. The summed E-state index contributed by atoms with van der Waals surface area (Å²) >= 11 is 1.38. The second kappa shape index (κ2) is 9.88. The zero-order valence-corrected chi connectivity index (χ0v) is 17.7. The first-order valence-electron chi connectivity index (χ1n) is 10.1. The summed E-state index contributed by atoms with van der Waals surface area (Å²) in [4.78, 5) is 18.6. The van der Waals surface area contributed by atoms with Gasteiger partial charge in [0.05, 0.1) is 31.1 Å². The number of halogens is 1. The second-order valence-corrected chi connectivity index (χ2v) is 8.11. The Morgan fingerprint density at radius 3 is 3.06 bits per heavy atom. The van der Waals surface area contributed by atoms with Gasteiger partial charge in [-0.05, 0) is 24.6 Å². The van der Waals surface area contributed by atoms with Gasteiger partial charge in [-0.1, -0.05) is 12.1 Å². The number of amides is 1. The van der Waals surface area contributed by atoms with E-state index in [-0.39, 0.29) is 23.6 Å². The molecule has 3 aromatic rings. The van der Waals surface area contributed by atoms with Gasteiger partial charge >= 0.3 is 0 Å². The van der Waals surface area contributed by atoms with E-state index < -0.39 is 0 Å². The van der Waals surface area contributed by atoms with Gasteiger partial charge in [0, 0.05) is 30.5 Å². The first-order chi connectivity index (χ1) is 15.1. The Morgan fingerprint density at radius 2 is 2.26 bits per heavy atom. The maximum absolute atomic E-state index is 13.6. The number of nitrogens with one attached hydrogen (secondary N) is 1. The summed E-state index contributed by atoms with van der Waals surface area (Å²) in [5.74, 6) is -0.0901. The number of H-pyrrole nitrogens is 1. The average molecular weight is 446 g/mol. The number of ether oxygens (including phenoxy) is 2. The topological polar surface area (TPSA) is 106 Å². The minimum absolute atomic E-state index is 0.0638. The van der Waals surface area contributed by atoms with E-state index in [1.54, 1.807) is 23.1 Å². The molecule has 3 N–H and O–H groups in total. The van der Waals surface area contributed by atoms with Crippen molar-refractivity contribution in [2.75, 3.05) is 32.0 Å². The number of rotatable bonds is 8. The quantitative estimate of drug-likeness (QED) is 0.552. The Hall–Kier alpha value is -2.98. The van der Waals surface area contributed by atoms with Crippen molar-refractivity contribution >= 4 is 22.4 Å². The van der Waals surface area contributed by atoms with Crippen LogP contribution in [0.1, 0.15) is 29.6 Å². The average Bonchev–Trinajstić information content (AvgIpc) is 3.42. The van der Waals surface area contributed by atoms with Gasteiger partial charge in [0.1, 0.15) is 6.10 Å². The maximum Gasteiger partial charge on any atom is 0.223 e. The van der Waals surface area contributed by atoms with Gasteiger partial charge in [-0.2, -0.15) is 5.10 Å². The van der Waals surface area contributed by atoms with Gasteiger partial charge in [-0.25, -0.2) is 9.37 Å². The van der Waals surface area contributed by atoms with Crippen LogP contribution in [0.5, 0.6) is 5.75 Å². The van der Waals surface area contributed by atoms with Crippen molar-refractivity contribution in [3.05, 3.63) is 58.6 Å². The summed E-state index contributed by atoms with van der Waals surface area (Å²) in [5, 5.41) is 9.70. The first kappa shape index (κ1) is 21.3. The summed E-state index contributed by atoms with van der Waals surface area (Å²) in [6.07, 6.45) is 1.22. The Kier molecular flexibility index (Phi) is 6.78. The normalized spacial score (nSPS) is 16.4. The van der Waals surface area contributed by atoms with E-state index in [2.05, 4.69) is 15.2 Å². The molecule has 1 aromatic carbocycles. The number of hydrogen-bond acceptors (Lipinski definition) is 7. The minimum Gasteiger partial charge on any atom is -0.490 e. The van der Waals surface area contributed by atoms with Gasteiger partial charge in [0.25, 0.3) is 0 Å². The molecule has 164 valence electrons. The molecular weight excluding hydrogens is 421 g/mol. The molecule has 31 heavy (non-hydrogen) atoms. The fourth-order valence-electron chi connectivity index (χ4n) is 3.39. The third kappa shape index (κ3) is 5.59. The molecule has 1 aliphatic heterocycles. The van der Waals surface area contributed by atoms with Crippen molar-refractivity contribution in [2.24, 2.45) is 0 Å². The number of nitrogen functional groups attached to an aromatic ring is 1. The highest BCUT2D eigenvalue weighted by atomic mass is 32.1. The molecule has 4 rings (SSSR count). The lowest BCUT2D eigenvalue weighted by Gasteiger charge is -2.32. The van der Waals surface area contributed by atoms with E-state index in [1.165, 1.54) is 17.4 Å². The number of carbonyl (C=O) groups is 1. The summed E-state index contributed by atoms with van der Waals surface area (Å²) in [6, 6.07) is 8.21. The van der Waals surface area contributed by atoms with E-state index in [0.717, 1.165) is 17.1 Å². The van der Waals surface area contributed by atoms with Crippen LogP contribution in [0.3, 0.4) is 0 Å². The number of para-hydroxylation sites is 1. The van der Waals surface area contributed by atoms with Crippen LogP contribution in [0.15, 0.2) is 35.7 Å². The smallest absolute Gasteiger partial charge is 0.223 e. The zero-order chi connectivity index (χ0) is 21.6. The number of aromatic nitrogens is 3. The fourth-order valence-corrected chi connectivity index (χ4v) is 3.99. The maximum atomic E-state index is 13.6. The van der Waals surface area contributed by atoms with Crippen LogP contribution >= 0.6 is 11.3 Å². The standard InChI is InChI=1S/C21H24FN5O3S/c22-16-3-1-2-4-18(16)29-9-7-14-11-17(26-25-14)19-12-27(8-10-30-19)20(28)6-5-15-13-31-21(23)24-15/h1-4,11,13,19H,5-10,12H2,(H2,23,24)(H,25,26)/t19-/m1/s1. The molecule has 0 bridgehead atoms. The number of morpholine rings is 1. The van der Waals surface area contributed by atoms with Crippen LogP contribution in [-0.2, 0) is 22.4 Å². The molecule has 2 aromatic heterocycles. The van der Waals surface area contributed by atoms with Crippen molar-refractivity contribution < 1.29 is 18.7 Å². The molecule has 0 unspecified atom stereocenters. The van der Waals surface area contributed by atoms with Crippen molar-refractivity contribution in [1.29, 1.82) is 0 Å². The van der Waals surface area contributed by atoms with Crippen molar-refractivity contribution in [3.63, 3.8) is 0 Å². The Morgan fingerprint density at radius 1 is 1.39 bits per heavy atom. The molecule has 1 aliphatic rings. The third-order valence-corrected chi connectivity index (χ3v) is 5.75. The molecule has 1 atom stereocenters. The van der Waals surface area contributed by atoms with Gasteiger partial charge in [-0.3, -0.25) is 9.89 Å². The Bertz CT molecular complexity index is 1020. The summed E-state index contributed by atoms with van der Waals surface area (Å²) < 4.78 is 24.9. The SMILES string of the molecule is Nc1nc(CCC(=O)N2CCO[C@@H](c3cc(CCOc4ccccc4F)[nH]n3)C2)cs1. The van der Waals surface area contributed by atoms with E-state index in [0.29, 0.717) is 50.7 Å². The molecule has 0 aliphatic carbocycles. The predicted octanol–water partition coefficient (Wildman–Crippen LogP) is 2.74. The van der Waals surface area contributed by atoms with Crippen molar-refractivity contribution in [2.45, 2.75) is 25.4 Å². The zero-order valence-electron chi connectivity index (χ0n) is 16.9. The summed E-state index contributed by atoms with van der Waals surface area (Å²) in [5.41, 5.74) is 8.08. The fraction of sp³-hybridized carbons (Fsp3) is 0.381. The molecule has 3 heterocycles. The highest BCUT2D eigenvalue weighted by Crippen LogP contribution is 2.23. The van der Waals surface area contributed by atoms with Crippen LogP contribution in [0.4, 0.5) is 9.52 Å². The van der Waals surface area contributed by atoms with Crippen molar-refractivity contribution in [1.82, 2.24) is 20.1 Å². The van der Waals surface area contributed by atoms with Gasteiger partial charge in [0.2, 0.25) is 5.91 Å². The largest absolute Gasteiger partial charge is 0.490 e. The van der Waals surface area contributed by atoms with Gasteiger partial charge in [-0.15, -0.1) is 11.3 Å². The lowest BCUT2D eigenvalue weighted by Crippen LogP contribution is -2.42. The Labute approximate surface area is 183 Å². The molecule has 10 heteroatoms.